The van der Waals surface area contributed by atoms with Gasteiger partial charge in [0.1, 0.15) is 17.1 Å². The Morgan fingerprint density at radius 3 is 2.37 bits per heavy atom. The van der Waals surface area contributed by atoms with E-state index in [4.69, 9.17) is 14.7 Å². The maximum Gasteiger partial charge on any atom is 0.259 e. The van der Waals surface area contributed by atoms with Crippen LogP contribution < -0.4 is 14.8 Å². The van der Waals surface area contributed by atoms with Gasteiger partial charge in [-0.05, 0) is 18.6 Å². The minimum atomic E-state index is -0.295. The largest absolute Gasteiger partial charge is 0.496 e. The fourth-order valence-electron chi connectivity index (χ4n) is 1.74. The second-order valence-corrected chi connectivity index (χ2v) is 3.98. The number of carbonyl (C=O) groups is 1. The number of hydrogen-bond acceptors (Lipinski definition) is 4. The van der Waals surface area contributed by atoms with Crippen molar-refractivity contribution in [2.75, 3.05) is 14.2 Å². The van der Waals surface area contributed by atoms with Crippen molar-refractivity contribution in [1.82, 2.24) is 5.32 Å². The molecule has 5 heteroatoms. The quantitative estimate of drug-likeness (QED) is 0.852. The molecular formula is C14H18N2O3. The van der Waals surface area contributed by atoms with Crippen LogP contribution >= 0.6 is 0 Å². The van der Waals surface area contributed by atoms with Gasteiger partial charge in [0.05, 0.1) is 26.7 Å². The molecule has 0 saturated heterocycles. The van der Waals surface area contributed by atoms with Gasteiger partial charge in [-0.25, -0.2) is 0 Å². The van der Waals surface area contributed by atoms with Crippen LogP contribution in [-0.4, -0.2) is 26.2 Å². The first-order chi connectivity index (χ1) is 9.17. The molecule has 5 nitrogen and oxygen atoms in total. The molecule has 1 N–H and O–H groups in total. The van der Waals surface area contributed by atoms with Gasteiger partial charge >= 0.3 is 0 Å². The van der Waals surface area contributed by atoms with Gasteiger partial charge < -0.3 is 14.8 Å². The number of methoxy groups -OCH3 is 2. The lowest BCUT2D eigenvalue weighted by Crippen LogP contribution is -2.34. The Hall–Kier alpha value is -2.22. The summed E-state index contributed by atoms with van der Waals surface area (Å²) in [6.07, 6.45) is 0.969. The number of nitrogens with one attached hydrogen (secondary N) is 1. The Morgan fingerprint density at radius 1 is 1.37 bits per heavy atom. The molecular weight excluding hydrogens is 244 g/mol. The lowest BCUT2D eigenvalue weighted by atomic mass is 10.1. The highest BCUT2D eigenvalue weighted by molar-refractivity contribution is 5.99. The van der Waals surface area contributed by atoms with Crippen molar-refractivity contribution >= 4 is 5.91 Å². The molecule has 0 aliphatic heterocycles. The fourth-order valence-corrected chi connectivity index (χ4v) is 1.74. The summed E-state index contributed by atoms with van der Waals surface area (Å²) in [5.41, 5.74) is 0.351. The van der Waals surface area contributed by atoms with Crippen LogP contribution in [0.3, 0.4) is 0 Å². The molecule has 0 fully saturated rings. The van der Waals surface area contributed by atoms with Gasteiger partial charge in [0.2, 0.25) is 0 Å². The minimum Gasteiger partial charge on any atom is -0.496 e. The van der Waals surface area contributed by atoms with Crippen LogP contribution in [0.25, 0.3) is 0 Å². The highest BCUT2D eigenvalue weighted by Crippen LogP contribution is 2.28. The maximum absolute atomic E-state index is 12.3. The number of hydrogen-bond donors (Lipinski definition) is 1. The van der Waals surface area contributed by atoms with Crippen molar-refractivity contribution < 1.29 is 14.3 Å². The molecule has 1 rings (SSSR count). The third kappa shape index (κ3) is 3.62. The Labute approximate surface area is 113 Å². The molecule has 19 heavy (non-hydrogen) atoms. The zero-order valence-electron chi connectivity index (χ0n) is 11.4. The van der Waals surface area contributed by atoms with Crippen LogP contribution in [0.15, 0.2) is 18.2 Å². The third-order valence-electron chi connectivity index (χ3n) is 2.82. The molecule has 0 saturated carbocycles. The van der Waals surface area contributed by atoms with Crippen LogP contribution in [-0.2, 0) is 0 Å². The number of ether oxygens (including phenoxy) is 2. The van der Waals surface area contributed by atoms with E-state index in [-0.39, 0.29) is 18.4 Å². The summed E-state index contributed by atoms with van der Waals surface area (Å²) < 4.78 is 10.4. The third-order valence-corrected chi connectivity index (χ3v) is 2.82. The van der Waals surface area contributed by atoms with Gasteiger partial charge in [-0.1, -0.05) is 13.0 Å². The van der Waals surface area contributed by atoms with Crippen molar-refractivity contribution in [3.05, 3.63) is 23.8 Å². The van der Waals surface area contributed by atoms with Crippen molar-refractivity contribution in [2.45, 2.75) is 25.8 Å². The van der Waals surface area contributed by atoms with E-state index in [1.54, 1.807) is 18.2 Å². The van der Waals surface area contributed by atoms with Gasteiger partial charge in [-0.2, -0.15) is 5.26 Å². The first-order valence-electron chi connectivity index (χ1n) is 6.06. The normalized spacial score (nSPS) is 11.3. The smallest absolute Gasteiger partial charge is 0.259 e. The highest BCUT2D eigenvalue weighted by atomic mass is 16.5. The predicted octanol–water partition coefficient (Wildman–Crippen LogP) is 2.13. The minimum absolute atomic E-state index is 0.174. The Balaban J connectivity index is 3.01. The van der Waals surface area contributed by atoms with Crippen LogP contribution in [0.4, 0.5) is 0 Å². The first kappa shape index (κ1) is 14.8. The first-order valence-corrected chi connectivity index (χ1v) is 6.06. The molecule has 0 aliphatic carbocycles. The Morgan fingerprint density at radius 2 is 1.95 bits per heavy atom. The SMILES string of the molecule is CCC(CC#N)NC(=O)c1c(OC)cccc1OC. The van der Waals surface area contributed by atoms with E-state index in [0.717, 1.165) is 0 Å². The average Bonchev–Trinajstić information content (AvgIpc) is 2.45. The van der Waals surface area contributed by atoms with Crippen molar-refractivity contribution in [1.29, 1.82) is 5.26 Å². The molecule has 0 aromatic heterocycles. The number of benzene rings is 1. The van der Waals surface area contributed by atoms with E-state index in [1.165, 1.54) is 14.2 Å². The summed E-state index contributed by atoms with van der Waals surface area (Å²) in [4.78, 5) is 12.3. The molecule has 0 bridgehead atoms. The summed E-state index contributed by atoms with van der Waals surface area (Å²) >= 11 is 0. The van der Waals surface area contributed by atoms with Crippen molar-refractivity contribution in [2.24, 2.45) is 0 Å². The lowest BCUT2D eigenvalue weighted by molar-refractivity contribution is 0.0930. The highest BCUT2D eigenvalue weighted by Gasteiger charge is 2.20. The Bertz CT molecular complexity index is 458. The number of amides is 1. The number of carbonyl (C=O) groups excluding carboxylic acids is 1. The van der Waals surface area contributed by atoms with Crippen LogP contribution in [0.5, 0.6) is 11.5 Å². The van der Waals surface area contributed by atoms with Crippen LogP contribution in [0, 0.1) is 11.3 Å². The molecule has 0 spiro atoms. The second-order valence-electron chi connectivity index (χ2n) is 3.98. The van der Waals surface area contributed by atoms with E-state index in [0.29, 0.717) is 23.5 Å². The van der Waals surface area contributed by atoms with Crippen molar-refractivity contribution in [3.63, 3.8) is 0 Å². The topological polar surface area (TPSA) is 71.4 Å². The molecule has 1 aromatic carbocycles. The second kappa shape index (κ2) is 7.27. The zero-order chi connectivity index (χ0) is 14.3. The lowest BCUT2D eigenvalue weighted by Gasteiger charge is -2.17. The van der Waals surface area contributed by atoms with Crippen molar-refractivity contribution in [3.8, 4) is 17.6 Å². The van der Waals surface area contributed by atoms with E-state index in [1.807, 2.05) is 6.92 Å². The monoisotopic (exact) mass is 262 g/mol. The molecule has 102 valence electrons. The molecule has 0 aliphatic rings. The number of rotatable bonds is 6. The molecule has 1 amide bonds. The van der Waals surface area contributed by atoms with Crippen LogP contribution in [0.1, 0.15) is 30.1 Å². The summed E-state index contributed by atoms with van der Waals surface area (Å²) in [5.74, 6) is 0.601. The number of nitrogens with zero attached hydrogens (tertiary/aromatic N) is 1. The molecule has 0 heterocycles. The van der Waals surface area contributed by atoms with E-state index < -0.39 is 0 Å². The molecule has 1 aromatic rings. The zero-order valence-corrected chi connectivity index (χ0v) is 11.4. The summed E-state index contributed by atoms with van der Waals surface area (Å²) in [5, 5.41) is 11.5. The van der Waals surface area contributed by atoms with E-state index in [9.17, 15) is 4.79 Å². The van der Waals surface area contributed by atoms with E-state index in [2.05, 4.69) is 11.4 Å². The standard InChI is InChI=1S/C14H18N2O3/c1-4-10(8-9-15)16-14(17)13-11(18-2)6-5-7-12(13)19-3/h5-7,10H,4,8H2,1-3H3,(H,16,17). The van der Waals surface area contributed by atoms with Crippen LogP contribution in [0.2, 0.25) is 0 Å². The van der Waals surface area contributed by atoms with Gasteiger partial charge in [0, 0.05) is 6.04 Å². The average molecular weight is 262 g/mol. The summed E-state index contributed by atoms with van der Waals surface area (Å²) in [7, 11) is 3.00. The maximum atomic E-state index is 12.3. The predicted molar refractivity (Wildman–Crippen MR) is 71.3 cm³/mol. The number of nitriles is 1. The summed E-state index contributed by atoms with van der Waals surface area (Å²) in [6.45, 7) is 1.92. The fraction of sp³-hybridized carbons (Fsp3) is 0.429. The van der Waals surface area contributed by atoms with Gasteiger partial charge in [0.15, 0.2) is 0 Å². The Kier molecular flexibility index (Phi) is 5.68. The summed E-state index contributed by atoms with van der Waals surface area (Å²) in [6, 6.07) is 7.03. The van der Waals surface area contributed by atoms with Gasteiger partial charge in [0.25, 0.3) is 5.91 Å². The molecule has 1 atom stereocenters. The van der Waals surface area contributed by atoms with Gasteiger partial charge in [-0.3, -0.25) is 4.79 Å². The molecule has 1 unspecified atom stereocenters. The van der Waals surface area contributed by atoms with Gasteiger partial charge in [-0.15, -0.1) is 0 Å². The molecule has 0 radical (unpaired) electrons. The van der Waals surface area contributed by atoms with E-state index >= 15 is 0 Å².